The van der Waals surface area contributed by atoms with Gasteiger partial charge in [0.25, 0.3) is 0 Å². The van der Waals surface area contributed by atoms with Gasteiger partial charge in [0.1, 0.15) is 0 Å². The number of carbonyl (C=O) groups is 1. The van der Waals surface area contributed by atoms with Gasteiger partial charge in [-0.15, -0.1) is 0 Å². The quantitative estimate of drug-likeness (QED) is 0.718. The number of carboxylic acids is 1. The van der Waals surface area contributed by atoms with Gasteiger partial charge in [-0.1, -0.05) is 21.6 Å². The highest BCUT2D eigenvalue weighted by molar-refractivity contribution is 8.76. The van der Waals surface area contributed by atoms with Crippen LogP contribution in [0.25, 0.3) is 0 Å². The molecule has 1 atom stereocenters. The molecule has 1 aliphatic heterocycles. The van der Waals surface area contributed by atoms with Gasteiger partial charge in [0, 0.05) is 17.9 Å². The van der Waals surface area contributed by atoms with Crippen molar-refractivity contribution < 1.29 is 9.90 Å². The smallest absolute Gasteiger partial charge is 0.303 e. The van der Waals surface area contributed by atoms with E-state index in [1.807, 2.05) is 21.6 Å². The lowest BCUT2D eigenvalue weighted by molar-refractivity contribution is -0.137. The van der Waals surface area contributed by atoms with Crippen LogP contribution in [0.4, 0.5) is 0 Å². The van der Waals surface area contributed by atoms with E-state index < -0.39 is 5.97 Å². The standard InChI is InChI=1S/C8H14O2S2/c9-8(10)3-1-2-7-4-5-11-12-6-7/h7H,1-6H2,(H,9,10). The van der Waals surface area contributed by atoms with Crippen LogP contribution >= 0.6 is 21.6 Å². The van der Waals surface area contributed by atoms with Crippen LogP contribution in [0, 0.1) is 5.92 Å². The van der Waals surface area contributed by atoms with Gasteiger partial charge in [-0.25, -0.2) is 0 Å². The molecule has 0 amide bonds. The van der Waals surface area contributed by atoms with Crippen molar-refractivity contribution in [2.75, 3.05) is 11.5 Å². The molecule has 1 heterocycles. The van der Waals surface area contributed by atoms with Crippen molar-refractivity contribution in [1.82, 2.24) is 0 Å². The molecule has 0 bridgehead atoms. The summed E-state index contributed by atoms with van der Waals surface area (Å²) in [6, 6.07) is 0. The van der Waals surface area contributed by atoms with Crippen molar-refractivity contribution in [2.45, 2.75) is 25.7 Å². The zero-order valence-electron chi connectivity index (χ0n) is 6.99. The van der Waals surface area contributed by atoms with Crippen molar-refractivity contribution in [1.29, 1.82) is 0 Å². The molecular formula is C8H14O2S2. The summed E-state index contributed by atoms with van der Waals surface area (Å²) in [4.78, 5) is 10.2. The van der Waals surface area contributed by atoms with Crippen molar-refractivity contribution in [3.8, 4) is 0 Å². The normalized spacial score (nSPS) is 23.8. The lowest BCUT2D eigenvalue weighted by atomic mass is 10.0. The van der Waals surface area contributed by atoms with Crippen molar-refractivity contribution >= 4 is 27.6 Å². The van der Waals surface area contributed by atoms with Gasteiger partial charge in [-0.05, 0) is 25.2 Å². The molecular weight excluding hydrogens is 192 g/mol. The summed E-state index contributed by atoms with van der Waals surface area (Å²) in [5, 5.41) is 8.43. The van der Waals surface area contributed by atoms with Gasteiger partial charge in [-0.3, -0.25) is 4.79 Å². The Balaban J connectivity index is 2.01. The highest BCUT2D eigenvalue weighted by atomic mass is 33.1. The molecule has 1 fully saturated rings. The van der Waals surface area contributed by atoms with E-state index in [-0.39, 0.29) is 0 Å². The van der Waals surface area contributed by atoms with E-state index in [1.165, 1.54) is 17.9 Å². The summed E-state index contributed by atoms with van der Waals surface area (Å²) in [6.07, 6.45) is 3.57. The van der Waals surface area contributed by atoms with Crippen LogP contribution in [-0.2, 0) is 4.79 Å². The first-order valence-corrected chi connectivity index (χ1v) is 6.74. The van der Waals surface area contributed by atoms with Crippen molar-refractivity contribution in [3.05, 3.63) is 0 Å². The van der Waals surface area contributed by atoms with Crippen LogP contribution in [0.2, 0.25) is 0 Å². The molecule has 0 aromatic carbocycles. The maximum absolute atomic E-state index is 10.2. The van der Waals surface area contributed by atoms with Crippen LogP contribution in [0.15, 0.2) is 0 Å². The van der Waals surface area contributed by atoms with Crippen molar-refractivity contribution in [3.63, 3.8) is 0 Å². The number of rotatable bonds is 4. The molecule has 70 valence electrons. The average Bonchev–Trinajstić information content (AvgIpc) is 2.05. The van der Waals surface area contributed by atoms with Gasteiger partial charge < -0.3 is 5.11 Å². The molecule has 1 rings (SSSR count). The van der Waals surface area contributed by atoms with E-state index in [9.17, 15) is 4.79 Å². The molecule has 12 heavy (non-hydrogen) atoms. The summed E-state index contributed by atoms with van der Waals surface area (Å²) in [5.41, 5.74) is 0. The van der Waals surface area contributed by atoms with E-state index in [0.717, 1.165) is 18.8 Å². The minimum atomic E-state index is -0.659. The molecule has 0 aromatic heterocycles. The molecule has 4 heteroatoms. The van der Waals surface area contributed by atoms with Crippen molar-refractivity contribution in [2.24, 2.45) is 5.92 Å². The number of hydrogen-bond acceptors (Lipinski definition) is 3. The monoisotopic (exact) mass is 206 g/mol. The third kappa shape index (κ3) is 4.26. The largest absolute Gasteiger partial charge is 0.481 e. The minimum absolute atomic E-state index is 0.342. The van der Waals surface area contributed by atoms with Gasteiger partial charge >= 0.3 is 5.97 Å². The highest BCUT2D eigenvalue weighted by Crippen LogP contribution is 2.34. The van der Waals surface area contributed by atoms with E-state index in [2.05, 4.69) is 0 Å². The SMILES string of the molecule is O=C(O)CCCC1CCSSC1. The molecule has 2 nitrogen and oxygen atoms in total. The number of aliphatic carboxylic acids is 1. The highest BCUT2D eigenvalue weighted by Gasteiger charge is 2.13. The van der Waals surface area contributed by atoms with E-state index >= 15 is 0 Å². The second kappa shape index (κ2) is 5.75. The first kappa shape index (κ1) is 10.3. The van der Waals surface area contributed by atoms with Crippen LogP contribution < -0.4 is 0 Å². The van der Waals surface area contributed by atoms with Crippen LogP contribution in [0.1, 0.15) is 25.7 Å². The van der Waals surface area contributed by atoms with E-state index in [0.29, 0.717) is 6.42 Å². The van der Waals surface area contributed by atoms with Gasteiger partial charge in [0.05, 0.1) is 0 Å². The number of hydrogen-bond donors (Lipinski definition) is 1. The lowest BCUT2D eigenvalue weighted by Gasteiger charge is -2.19. The van der Waals surface area contributed by atoms with Gasteiger partial charge in [0.2, 0.25) is 0 Å². The molecule has 1 aliphatic rings. The maximum Gasteiger partial charge on any atom is 0.303 e. The number of carboxylic acid groups (broad SMARTS) is 1. The predicted molar refractivity (Wildman–Crippen MR) is 54.5 cm³/mol. The molecule has 0 aliphatic carbocycles. The Morgan fingerprint density at radius 2 is 2.33 bits per heavy atom. The summed E-state index contributed by atoms with van der Waals surface area (Å²) < 4.78 is 0. The summed E-state index contributed by atoms with van der Waals surface area (Å²) in [5.74, 6) is 2.57. The summed E-state index contributed by atoms with van der Waals surface area (Å²) in [7, 11) is 3.87. The Morgan fingerprint density at radius 1 is 1.50 bits per heavy atom. The molecule has 1 unspecified atom stereocenters. The first-order valence-electron chi connectivity index (χ1n) is 4.25. The van der Waals surface area contributed by atoms with Gasteiger partial charge in [-0.2, -0.15) is 0 Å². The van der Waals surface area contributed by atoms with E-state index in [4.69, 9.17) is 5.11 Å². The predicted octanol–water partition coefficient (Wildman–Crippen LogP) is 2.64. The second-order valence-corrected chi connectivity index (χ2v) is 5.67. The average molecular weight is 206 g/mol. The summed E-state index contributed by atoms with van der Waals surface area (Å²) >= 11 is 0. The summed E-state index contributed by atoms with van der Waals surface area (Å²) in [6.45, 7) is 0. The Kier molecular flexibility index (Phi) is 4.92. The lowest BCUT2D eigenvalue weighted by Crippen LogP contribution is -2.09. The molecule has 1 saturated heterocycles. The third-order valence-electron chi connectivity index (χ3n) is 2.00. The zero-order valence-corrected chi connectivity index (χ0v) is 8.62. The molecule has 0 radical (unpaired) electrons. The minimum Gasteiger partial charge on any atom is -0.481 e. The second-order valence-electron chi connectivity index (χ2n) is 3.05. The molecule has 0 saturated carbocycles. The topological polar surface area (TPSA) is 37.3 Å². The fraction of sp³-hybridized carbons (Fsp3) is 0.875. The Labute approximate surface area is 80.9 Å². The van der Waals surface area contributed by atoms with Crippen LogP contribution in [0.5, 0.6) is 0 Å². The molecule has 1 N–H and O–H groups in total. The molecule has 0 aromatic rings. The Hall–Kier alpha value is 0.170. The fourth-order valence-corrected chi connectivity index (χ4v) is 3.95. The van der Waals surface area contributed by atoms with Gasteiger partial charge in [0.15, 0.2) is 0 Å². The zero-order chi connectivity index (χ0) is 8.81. The Morgan fingerprint density at radius 3 is 2.92 bits per heavy atom. The van der Waals surface area contributed by atoms with Crippen LogP contribution in [-0.4, -0.2) is 22.6 Å². The van der Waals surface area contributed by atoms with E-state index in [1.54, 1.807) is 0 Å². The van der Waals surface area contributed by atoms with Crippen LogP contribution in [0.3, 0.4) is 0 Å². The fourth-order valence-electron chi connectivity index (χ4n) is 1.27. The molecule has 0 spiro atoms. The first-order chi connectivity index (χ1) is 5.79. The Bertz CT molecular complexity index is 144. The maximum atomic E-state index is 10.2. The third-order valence-corrected chi connectivity index (χ3v) is 4.58.